The molecule has 0 aromatic rings. The minimum absolute atomic E-state index is 0.777. The van der Waals surface area contributed by atoms with E-state index >= 15 is 0 Å². The first-order chi connectivity index (χ1) is 13.4. The average Bonchev–Trinajstić information content (AvgIpc) is 2.68. The van der Waals surface area contributed by atoms with Gasteiger partial charge in [-0.05, 0) is 64.6 Å². The zero-order chi connectivity index (χ0) is 19.7. The second-order valence-electron chi connectivity index (χ2n) is 7.80. The molecule has 0 aliphatic rings. The molecule has 3 heteroatoms. The van der Waals surface area contributed by atoms with E-state index in [4.69, 9.17) is 10.5 Å². The molecule has 3 nitrogen and oxygen atoms in total. The molecule has 0 aliphatic heterocycles. The Balaban J connectivity index is 3.03. The van der Waals surface area contributed by atoms with Crippen LogP contribution in [0.5, 0.6) is 0 Å². The topological polar surface area (TPSA) is 47.3 Å². The molecular weight excluding hydrogens is 332 g/mol. The summed E-state index contributed by atoms with van der Waals surface area (Å²) in [5.41, 5.74) is 5.45. The van der Waals surface area contributed by atoms with Crippen LogP contribution in [-0.4, -0.2) is 32.8 Å². The molecule has 162 valence electrons. The van der Waals surface area contributed by atoms with Crippen LogP contribution >= 0.6 is 0 Å². The molecule has 0 saturated carbocycles. The highest BCUT2D eigenvalue weighted by molar-refractivity contribution is 4.81. The van der Waals surface area contributed by atoms with Crippen LogP contribution < -0.4 is 11.1 Å². The normalized spacial score (nSPS) is 11.6. The zero-order valence-electron chi connectivity index (χ0n) is 18.5. The first-order valence-electron chi connectivity index (χ1n) is 12.0. The fraction of sp³-hybridized carbons (Fsp3) is 0.917. The van der Waals surface area contributed by atoms with E-state index in [9.17, 15) is 0 Å². The van der Waals surface area contributed by atoms with Crippen molar-refractivity contribution in [1.29, 1.82) is 0 Å². The van der Waals surface area contributed by atoms with Crippen LogP contribution in [0.4, 0.5) is 0 Å². The SMILES string of the molecule is CCCCCCCC/C=C\CCCCCCCCOCCCNCCCN. The van der Waals surface area contributed by atoms with E-state index in [-0.39, 0.29) is 0 Å². The smallest absolute Gasteiger partial charge is 0.0478 e. The molecule has 3 N–H and O–H groups in total. The summed E-state index contributed by atoms with van der Waals surface area (Å²) in [6.07, 6.45) is 26.0. The Labute approximate surface area is 170 Å². The van der Waals surface area contributed by atoms with Crippen molar-refractivity contribution in [3.63, 3.8) is 0 Å². The first kappa shape index (κ1) is 26.6. The van der Waals surface area contributed by atoms with Crippen molar-refractivity contribution < 1.29 is 4.74 Å². The van der Waals surface area contributed by atoms with Gasteiger partial charge in [-0.1, -0.05) is 76.9 Å². The van der Waals surface area contributed by atoms with Crippen LogP contribution in [0.3, 0.4) is 0 Å². The number of ether oxygens (including phenoxy) is 1. The van der Waals surface area contributed by atoms with E-state index in [1.807, 2.05) is 0 Å². The van der Waals surface area contributed by atoms with Crippen LogP contribution in [-0.2, 0) is 4.74 Å². The van der Waals surface area contributed by atoms with Gasteiger partial charge in [0.15, 0.2) is 0 Å². The van der Waals surface area contributed by atoms with Crippen LogP contribution in [0.25, 0.3) is 0 Å². The molecule has 0 amide bonds. The van der Waals surface area contributed by atoms with Gasteiger partial charge < -0.3 is 15.8 Å². The van der Waals surface area contributed by atoms with Crippen molar-refractivity contribution in [3.8, 4) is 0 Å². The quantitative estimate of drug-likeness (QED) is 0.159. The average molecular weight is 383 g/mol. The predicted octanol–water partition coefficient (Wildman–Crippen LogP) is 6.37. The minimum Gasteiger partial charge on any atom is -0.381 e. The summed E-state index contributed by atoms with van der Waals surface area (Å²) in [6, 6.07) is 0. The molecule has 0 radical (unpaired) electrons. The number of hydrogen-bond donors (Lipinski definition) is 2. The van der Waals surface area contributed by atoms with Crippen molar-refractivity contribution in [2.45, 2.75) is 110 Å². The second-order valence-corrected chi connectivity index (χ2v) is 7.80. The van der Waals surface area contributed by atoms with Crippen molar-refractivity contribution >= 4 is 0 Å². The lowest BCUT2D eigenvalue weighted by Gasteiger charge is -2.05. The van der Waals surface area contributed by atoms with Gasteiger partial charge >= 0.3 is 0 Å². The second kappa shape index (κ2) is 25.6. The third kappa shape index (κ3) is 25.6. The predicted molar refractivity (Wildman–Crippen MR) is 121 cm³/mol. The fourth-order valence-electron chi connectivity index (χ4n) is 3.20. The third-order valence-corrected chi connectivity index (χ3v) is 5.00. The van der Waals surface area contributed by atoms with E-state index in [1.54, 1.807) is 0 Å². The Kier molecular flexibility index (Phi) is 25.3. The maximum Gasteiger partial charge on any atom is 0.0478 e. The lowest BCUT2D eigenvalue weighted by molar-refractivity contribution is 0.127. The summed E-state index contributed by atoms with van der Waals surface area (Å²) in [7, 11) is 0. The number of allylic oxidation sites excluding steroid dienone is 2. The van der Waals surface area contributed by atoms with E-state index in [0.717, 1.165) is 45.7 Å². The summed E-state index contributed by atoms with van der Waals surface area (Å²) in [5.74, 6) is 0. The molecule has 0 rings (SSSR count). The van der Waals surface area contributed by atoms with Crippen molar-refractivity contribution in [2.75, 3.05) is 32.8 Å². The number of unbranched alkanes of at least 4 members (excludes halogenated alkanes) is 12. The Bertz CT molecular complexity index is 282. The number of nitrogens with one attached hydrogen (secondary N) is 1. The summed E-state index contributed by atoms with van der Waals surface area (Å²) in [4.78, 5) is 0. The van der Waals surface area contributed by atoms with Gasteiger partial charge in [0.25, 0.3) is 0 Å². The molecule has 27 heavy (non-hydrogen) atoms. The Hall–Kier alpha value is -0.380. The maximum absolute atomic E-state index is 5.69. The fourth-order valence-corrected chi connectivity index (χ4v) is 3.20. The third-order valence-electron chi connectivity index (χ3n) is 5.00. The monoisotopic (exact) mass is 382 g/mol. The Morgan fingerprint density at radius 2 is 1.15 bits per heavy atom. The summed E-state index contributed by atoms with van der Waals surface area (Å²) in [5, 5.41) is 3.38. The molecule has 0 aromatic carbocycles. The van der Waals surface area contributed by atoms with Gasteiger partial charge in [0, 0.05) is 13.2 Å². The van der Waals surface area contributed by atoms with E-state index in [1.165, 1.54) is 89.9 Å². The Morgan fingerprint density at radius 1 is 0.630 bits per heavy atom. The standard InChI is InChI=1S/C24H50N2O/c1-2-3-4-5-6-7-8-9-10-11-12-13-14-15-16-17-23-27-24-19-22-26-21-18-20-25/h9-10,26H,2-8,11-25H2,1H3/b10-9-. The summed E-state index contributed by atoms with van der Waals surface area (Å²) < 4.78 is 5.69. The van der Waals surface area contributed by atoms with Gasteiger partial charge in [0.2, 0.25) is 0 Å². The zero-order valence-corrected chi connectivity index (χ0v) is 18.5. The minimum atomic E-state index is 0.777. The van der Waals surface area contributed by atoms with Gasteiger partial charge in [-0.25, -0.2) is 0 Å². The number of hydrogen-bond acceptors (Lipinski definition) is 3. The van der Waals surface area contributed by atoms with Gasteiger partial charge in [0.05, 0.1) is 0 Å². The van der Waals surface area contributed by atoms with Crippen molar-refractivity contribution in [3.05, 3.63) is 12.2 Å². The molecule has 0 unspecified atom stereocenters. The molecule has 0 aromatic heterocycles. The number of nitrogens with two attached hydrogens (primary N) is 1. The highest BCUT2D eigenvalue weighted by atomic mass is 16.5. The molecule has 0 atom stereocenters. The summed E-state index contributed by atoms with van der Waals surface area (Å²) >= 11 is 0. The number of rotatable bonds is 23. The molecule has 0 bridgehead atoms. The lowest BCUT2D eigenvalue weighted by Crippen LogP contribution is -2.20. The highest BCUT2D eigenvalue weighted by Crippen LogP contribution is 2.10. The van der Waals surface area contributed by atoms with Gasteiger partial charge in [-0.15, -0.1) is 0 Å². The lowest BCUT2D eigenvalue weighted by atomic mass is 10.1. The molecule has 0 saturated heterocycles. The van der Waals surface area contributed by atoms with Crippen LogP contribution in [0.15, 0.2) is 12.2 Å². The molecule has 0 spiro atoms. The Morgan fingerprint density at radius 3 is 1.78 bits per heavy atom. The molecule has 0 heterocycles. The first-order valence-corrected chi connectivity index (χ1v) is 12.0. The van der Waals surface area contributed by atoms with Gasteiger partial charge in [0.1, 0.15) is 0 Å². The van der Waals surface area contributed by atoms with E-state index < -0.39 is 0 Å². The molecule has 0 fully saturated rings. The van der Waals surface area contributed by atoms with E-state index in [0.29, 0.717) is 0 Å². The highest BCUT2D eigenvalue weighted by Gasteiger charge is 1.93. The molecular formula is C24H50N2O. The van der Waals surface area contributed by atoms with Crippen LogP contribution in [0.2, 0.25) is 0 Å². The van der Waals surface area contributed by atoms with Crippen molar-refractivity contribution in [2.24, 2.45) is 5.73 Å². The summed E-state index contributed by atoms with van der Waals surface area (Å²) in [6.45, 7) is 6.97. The van der Waals surface area contributed by atoms with Gasteiger partial charge in [-0.2, -0.15) is 0 Å². The maximum atomic E-state index is 5.69. The largest absolute Gasteiger partial charge is 0.381 e. The van der Waals surface area contributed by atoms with Crippen LogP contribution in [0.1, 0.15) is 110 Å². The van der Waals surface area contributed by atoms with E-state index in [2.05, 4.69) is 24.4 Å². The molecule has 0 aliphatic carbocycles. The van der Waals surface area contributed by atoms with Gasteiger partial charge in [-0.3, -0.25) is 0 Å². The van der Waals surface area contributed by atoms with Crippen LogP contribution in [0, 0.1) is 0 Å². The van der Waals surface area contributed by atoms with Crippen molar-refractivity contribution in [1.82, 2.24) is 5.32 Å².